The van der Waals surface area contributed by atoms with Gasteiger partial charge in [0, 0.05) is 61.3 Å². The minimum atomic E-state index is 0.130. The van der Waals surface area contributed by atoms with Gasteiger partial charge in [-0.05, 0) is 42.8 Å². The van der Waals surface area contributed by atoms with E-state index in [1.807, 2.05) is 18.2 Å². The molecule has 0 spiro atoms. The van der Waals surface area contributed by atoms with Crippen molar-refractivity contribution in [1.82, 2.24) is 35.1 Å². The van der Waals surface area contributed by atoms with Crippen molar-refractivity contribution in [3.05, 3.63) is 34.7 Å². The molecule has 37 heavy (non-hydrogen) atoms. The first-order valence-corrected chi connectivity index (χ1v) is 13.9. The van der Waals surface area contributed by atoms with Gasteiger partial charge in [-0.2, -0.15) is 0 Å². The largest absolute Gasteiger partial charge is 0.383 e. The van der Waals surface area contributed by atoms with Crippen LogP contribution < -0.4 is 21.7 Å². The van der Waals surface area contributed by atoms with Crippen LogP contribution in [0.3, 0.4) is 0 Å². The van der Waals surface area contributed by atoms with E-state index in [0.717, 1.165) is 96.3 Å². The second-order valence-electron chi connectivity index (χ2n) is 9.65. The Morgan fingerprint density at radius 2 is 1.97 bits per heavy atom. The summed E-state index contributed by atoms with van der Waals surface area (Å²) in [6.45, 7) is 8.27. The fourth-order valence-corrected chi connectivity index (χ4v) is 6.20. The molecular weight excluding hydrogens is 508 g/mol. The summed E-state index contributed by atoms with van der Waals surface area (Å²) in [4.78, 5) is 28.1. The number of piperazine rings is 1. The lowest BCUT2D eigenvalue weighted by Gasteiger charge is -2.26. The normalized spacial score (nSPS) is 18.9. The van der Waals surface area contributed by atoms with E-state index < -0.39 is 0 Å². The van der Waals surface area contributed by atoms with Gasteiger partial charge in [0.2, 0.25) is 0 Å². The van der Waals surface area contributed by atoms with Crippen LogP contribution in [-0.4, -0.2) is 75.1 Å². The van der Waals surface area contributed by atoms with E-state index in [2.05, 4.69) is 32.0 Å². The van der Waals surface area contributed by atoms with Gasteiger partial charge in [-0.15, -0.1) is 0 Å². The van der Waals surface area contributed by atoms with Crippen LogP contribution in [0.2, 0.25) is 5.02 Å². The molecule has 2 aliphatic rings. The number of nitrogens with one attached hydrogen (secondary N) is 2. The van der Waals surface area contributed by atoms with E-state index >= 15 is 0 Å². The van der Waals surface area contributed by atoms with Crippen molar-refractivity contribution >= 4 is 56.9 Å². The summed E-state index contributed by atoms with van der Waals surface area (Å²) in [5.41, 5.74) is 15.1. The summed E-state index contributed by atoms with van der Waals surface area (Å²) in [6, 6.07) is 6.16. The highest BCUT2D eigenvalue weighted by molar-refractivity contribution is 7.99. The quantitative estimate of drug-likeness (QED) is 0.271. The molecule has 0 amide bonds. The Labute approximate surface area is 224 Å². The highest BCUT2D eigenvalue weighted by Crippen LogP contribution is 2.38. The lowest BCUT2D eigenvalue weighted by Crippen LogP contribution is -2.43. The van der Waals surface area contributed by atoms with E-state index in [1.165, 1.54) is 11.8 Å². The molecule has 3 aromatic heterocycles. The number of nitrogen functional groups attached to an aromatic ring is 1. The number of H-pyrrole nitrogens is 1. The molecule has 6 N–H and O–H groups in total. The van der Waals surface area contributed by atoms with Gasteiger partial charge in [0.1, 0.15) is 23.1 Å². The molecule has 0 saturated carbocycles. The van der Waals surface area contributed by atoms with Gasteiger partial charge < -0.3 is 26.7 Å². The number of aromatic nitrogens is 5. The molecule has 12 heteroatoms. The molecule has 10 nitrogen and oxygen atoms in total. The number of nitrogens with two attached hydrogens (primary N) is 2. The Balaban J connectivity index is 1.34. The molecule has 0 bridgehead atoms. The monoisotopic (exact) mass is 538 g/mol. The fraction of sp³-hybridized carbons (Fsp3) is 0.440. The van der Waals surface area contributed by atoms with Gasteiger partial charge in [-0.1, -0.05) is 18.5 Å². The van der Waals surface area contributed by atoms with Crippen molar-refractivity contribution in [3.8, 4) is 0 Å². The van der Waals surface area contributed by atoms with Crippen molar-refractivity contribution in [1.29, 1.82) is 0 Å². The number of hydrogen-bond acceptors (Lipinski definition) is 10. The van der Waals surface area contributed by atoms with Crippen molar-refractivity contribution in [3.63, 3.8) is 0 Å². The smallest absolute Gasteiger partial charge is 0.196 e. The number of halogens is 1. The first-order valence-electron chi connectivity index (χ1n) is 12.7. The predicted octanol–water partition coefficient (Wildman–Crippen LogP) is 2.79. The summed E-state index contributed by atoms with van der Waals surface area (Å²) in [6.07, 6.45) is 1.72. The molecule has 0 unspecified atom stereocenters. The second kappa shape index (κ2) is 10.2. The van der Waals surface area contributed by atoms with Crippen LogP contribution in [0.25, 0.3) is 21.9 Å². The average Bonchev–Trinajstić information content (AvgIpc) is 3.46. The SMILES string of the molecule is CCc1[nH]c2nc(Sc3ccc4c(N)nc(CN5CCNCC5)nc4c3)nc(N3CC[C@@H](N)C3)c2c1Cl. The van der Waals surface area contributed by atoms with Gasteiger partial charge in [0.05, 0.1) is 22.5 Å². The molecule has 5 heterocycles. The molecular formula is C25H31ClN10S. The summed E-state index contributed by atoms with van der Waals surface area (Å²) in [5, 5.41) is 6.43. The predicted molar refractivity (Wildman–Crippen MR) is 149 cm³/mol. The summed E-state index contributed by atoms with van der Waals surface area (Å²) >= 11 is 8.24. The molecule has 1 aromatic carbocycles. The molecule has 4 aromatic rings. The van der Waals surface area contributed by atoms with Crippen molar-refractivity contribution < 1.29 is 0 Å². The molecule has 2 aliphatic heterocycles. The van der Waals surface area contributed by atoms with Gasteiger partial charge >= 0.3 is 0 Å². The Hall–Kier alpha value is -2.70. The number of fused-ring (bicyclic) bond motifs is 2. The Bertz CT molecular complexity index is 1450. The average molecular weight is 539 g/mol. The molecule has 6 rings (SSSR count). The van der Waals surface area contributed by atoms with E-state index in [9.17, 15) is 0 Å². The minimum absolute atomic E-state index is 0.130. The van der Waals surface area contributed by atoms with Gasteiger partial charge in [0.15, 0.2) is 5.16 Å². The number of aromatic amines is 1. The molecule has 2 saturated heterocycles. The van der Waals surface area contributed by atoms with Gasteiger partial charge in [0.25, 0.3) is 0 Å². The number of nitrogens with zero attached hydrogens (tertiary/aromatic N) is 6. The van der Waals surface area contributed by atoms with Crippen LogP contribution in [0.15, 0.2) is 28.3 Å². The Morgan fingerprint density at radius 1 is 1.14 bits per heavy atom. The molecule has 1 atom stereocenters. The van der Waals surface area contributed by atoms with E-state index in [-0.39, 0.29) is 6.04 Å². The number of aryl methyl sites for hydroxylation is 1. The first-order chi connectivity index (χ1) is 18.0. The zero-order chi connectivity index (χ0) is 25.5. The Morgan fingerprint density at radius 3 is 2.73 bits per heavy atom. The standard InChI is InChI=1S/C25H31ClN10S/c1-2-17-21(26)20-23(31-17)33-25(34-24(20)36-8-5-14(27)12-36)37-15-3-4-16-18(11-15)30-19(32-22(16)28)13-35-9-6-29-7-10-35/h3-4,11,14,29H,2,5-10,12-13,27H2,1H3,(H2,28,30,32)(H,31,33,34)/t14-/m1/s1. The first kappa shape index (κ1) is 24.6. The van der Waals surface area contributed by atoms with Crippen molar-refractivity contribution in [2.75, 3.05) is 49.9 Å². The molecule has 0 aliphatic carbocycles. The minimum Gasteiger partial charge on any atom is -0.383 e. The van der Waals surface area contributed by atoms with Crippen LogP contribution in [0.5, 0.6) is 0 Å². The third-order valence-corrected chi connectivity index (χ3v) is 8.30. The topological polar surface area (TPSA) is 138 Å². The number of hydrogen-bond donors (Lipinski definition) is 4. The molecule has 2 fully saturated rings. The van der Waals surface area contributed by atoms with Crippen LogP contribution in [-0.2, 0) is 13.0 Å². The third kappa shape index (κ3) is 4.94. The number of anilines is 2. The third-order valence-electron chi connectivity index (χ3n) is 7.03. The van der Waals surface area contributed by atoms with Crippen LogP contribution in [0.1, 0.15) is 24.9 Å². The Kier molecular flexibility index (Phi) is 6.80. The number of benzene rings is 1. The van der Waals surface area contributed by atoms with Crippen molar-refractivity contribution in [2.45, 2.75) is 42.4 Å². The lowest BCUT2D eigenvalue weighted by molar-refractivity contribution is 0.228. The molecule has 194 valence electrons. The highest BCUT2D eigenvalue weighted by Gasteiger charge is 2.26. The van der Waals surface area contributed by atoms with Crippen molar-refractivity contribution in [2.24, 2.45) is 5.73 Å². The molecule has 0 radical (unpaired) electrons. The van der Waals surface area contributed by atoms with E-state index in [0.29, 0.717) is 22.5 Å². The van der Waals surface area contributed by atoms with Crippen LogP contribution >= 0.6 is 23.4 Å². The van der Waals surface area contributed by atoms with E-state index in [4.69, 9.17) is 38.0 Å². The number of rotatable bonds is 6. The summed E-state index contributed by atoms with van der Waals surface area (Å²) < 4.78 is 0. The second-order valence-corrected chi connectivity index (χ2v) is 11.1. The van der Waals surface area contributed by atoms with Gasteiger partial charge in [-0.25, -0.2) is 19.9 Å². The zero-order valence-corrected chi connectivity index (χ0v) is 22.4. The maximum Gasteiger partial charge on any atom is 0.196 e. The lowest BCUT2D eigenvalue weighted by atomic mass is 10.2. The zero-order valence-electron chi connectivity index (χ0n) is 20.8. The van der Waals surface area contributed by atoms with Crippen LogP contribution in [0, 0.1) is 0 Å². The van der Waals surface area contributed by atoms with Gasteiger partial charge in [-0.3, -0.25) is 4.90 Å². The fourth-order valence-electron chi connectivity index (χ4n) is 5.06. The van der Waals surface area contributed by atoms with Crippen LogP contribution in [0.4, 0.5) is 11.6 Å². The maximum absolute atomic E-state index is 6.75. The summed E-state index contributed by atoms with van der Waals surface area (Å²) in [5.74, 6) is 2.09. The summed E-state index contributed by atoms with van der Waals surface area (Å²) in [7, 11) is 0. The maximum atomic E-state index is 6.75. The highest BCUT2D eigenvalue weighted by atomic mass is 35.5. The van der Waals surface area contributed by atoms with E-state index in [1.54, 1.807) is 0 Å².